The van der Waals surface area contributed by atoms with Gasteiger partial charge in [-0.3, -0.25) is 0 Å². The van der Waals surface area contributed by atoms with Gasteiger partial charge < -0.3 is 10.6 Å². The van der Waals surface area contributed by atoms with Crippen molar-refractivity contribution < 1.29 is 0 Å². The number of nitrogens with zero attached hydrogens (tertiary/aromatic N) is 2. The molecule has 3 aromatic rings. The fourth-order valence-corrected chi connectivity index (χ4v) is 2.99. The van der Waals surface area contributed by atoms with Gasteiger partial charge in [0.15, 0.2) is 0 Å². The molecule has 0 fully saturated rings. The first-order valence-corrected chi connectivity index (χ1v) is 9.68. The molecule has 2 N–H and O–H groups in total. The Morgan fingerprint density at radius 2 is 1.56 bits per heavy atom. The van der Waals surface area contributed by atoms with E-state index in [0.717, 1.165) is 48.9 Å². The van der Waals surface area contributed by atoms with E-state index in [0.29, 0.717) is 5.95 Å². The second-order valence-corrected chi connectivity index (χ2v) is 6.97. The molecule has 1 aromatic heterocycles. The van der Waals surface area contributed by atoms with Gasteiger partial charge in [-0.05, 0) is 49.4 Å². The van der Waals surface area contributed by atoms with Crippen molar-refractivity contribution in [3.63, 3.8) is 0 Å². The van der Waals surface area contributed by atoms with Crippen molar-refractivity contribution in [1.82, 2.24) is 9.97 Å². The number of anilines is 2. The highest BCUT2D eigenvalue weighted by atomic mass is 35.5. The average Bonchev–Trinajstić information content (AvgIpc) is 2.67. The van der Waals surface area contributed by atoms with Crippen molar-refractivity contribution in [2.45, 2.75) is 26.2 Å². The number of nitrogens with one attached hydrogen (secondary N) is 2. The van der Waals surface area contributed by atoms with Crippen LogP contribution in [0.25, 0.3) is 0 Å². The smallest absolute Gasteiger partial charge is 0.224 e. The maximum atomic E-state index is 5.92. The van der Waals surface area contributed by atoms with Gasteiger partial charge in [-0.2, -0.15) is 4.98 Å². The summed E-state index contributed by atoms with van der Waals surface area (Å²) in [7, 11) is 0. The van der Waals surface area contributed by atoms with Crippen molar-refractivity contribution >= 4 is 23.4 Å². The van der Waals surface area contributed by atoms with E-state index in [-0.39, 0.29) is 0 Å². The second kappa shape index (κ2) is 9.93. The van der Waals surface area contributed by atoms with E-state index in [2.05, 4.69) is 44.9 Å². The minimum absolute atomic E-state index is 0.662. The third-order valence-corrected chi connectivity index (χ3v) is 4.51. The summed E-state index contributed by atoms with van der Waals surface area (Å²) in [6.45, 7) is 3.65. The SMILES string of the molecule is Cc1cc(NCCCc2ccccc2)nc(NCCc2ccc(Cl)cc2)n1. The number of hydrogen-bond donors (Lipinski definition) is 2. The fraction of sp³-hybridized carbons (Fsp3) is 0.273. The van der Waals surface area contributed by atoms with Crippen LogP contribution in [0.5, 0.6) is 0 Å². The summed E-state index contributed by atoms with van der Waals surface area (Å²) in [5, 5.41) is 7.48. The van der Waals surface area contributed by atoms with Crippen molar-refractivity contribution in [2.24, 2.45) is 0 Å². The van der Waals surface area contributed by atoms with Crippen LogP contribution in [0.3, 0.4) is 0 Å². The average molecular weight is 381 g/mol. The molecule has 0 spiro atoms. The molecule has 27 heavy (non-hydrogen) atoms. The third kappa shape index (κ3) is 6.57. The van der Waals surface area contributed by atoms with E-state index in [1.807, 2.05) is 43.3 Å². The van der Waals surface area contributed by atoms with Crippen molar-refractivity contribution in [3.8, 4) is 0 Å². The highest BCUT2D eigenvalue weighted by molar-refractivity contribution is 6.30. The first-order valence-electron chi connectivity index (χ1n) is 9.31. The van der Waals surface area contributed by atoms with E-state index in [4.69, 9.17) is 11.6 Å². The first kappa shape index (κ1) is 19.2. The van der Waals surface area contributed by atoms with Crippen molar-refractivity contribution in [1.29, 1.82) is 0 Å². The van der Waals surface area contributed by atoms with Crippen LogP contribution < -0.4 is 10.6 Å². The lowest BCUT2D eigenvalue weighted by atomic mass is 10.1. The molecule has 2 aromatic carbocycles. The Bertz CT molecular complexity index is 835. The van der Waals surface area contributed by atoms with E-state index in [1.54, 1.807) is 0 Å². The highest BCUT2D eigenvalue weighted by Gasteiger charge is 2.02. The van der Waals surface area contributed by atoms with E-state index in [9.17, 15) is 0 Å². The number of benzene rings is 2. The Balaban J connectivity index is 1.46. The maximum Gasteiger partial charge on any atom is 0.224 e. The van der Waals surface area contributed by atoms with Gasteiger partial charge in [-0.25, -0.2) is 4.98 Å². The Labute approximate surface area is 166 Å². The summed E-state index contributed by atoms with van der Waals surface area (Å²) in [6, 6.07) is 20.4. The van der Waals surface area contributed by atoms with Gasteiger partial charge in [-0.15, -0.1) is 0 Å². The lowest BCUT2D eigenvalue weighted by Gasteiger charge is -2.10. The zero-order chi connectivity index (χ0) is 18.9. The second-order valence-electron chi connectivity index (χ2n) is 6.54. The van der Waals surface area contributed by atoms with Gasteiger partial charge in [0.25, 0.3) is 0 Å². The van der Waals surface area contributed by atoms with Crippen LogP contribution in [0, 0.1) is 6.92 Å². The number of rotatable bonds is 9. The largest absolute Gasteiger partial charge is 0.370 e. The molecule has 0 bridgehead atoms. The fourth-order valence-electron chi connectivity index (χ4n) is 2.86. The normalized spacial score (nSPS) is 10.6. The van der Waals surface area contributed by atoms with Crippen LogP contribution in [0.1, 0.15) is 23.2 Å². The van der Waals surface area contributed by atoms with Crippen LogP contribution in [0.4, 0.5) is 11.8 Å². The van der Waals surface area contributed by atoms with Crippen LogP contribution >= 0.6 is 11.6 Å². The summed E-state index contributed by atoms with van der Waals surface area (Å²) < 4.78 is 0. The Hall–Kier alpha value is -2.59. The minimum Gasteiger partial charge on any atom is -0.370 e. The maximum absolute atomic E-state index is 5.92. The summed E-state index contributed by atoms with van der Waals surface area (Å²) in [5.41, 5.74) is 3.55. The molecule has 3 rings (SSSR count). The van der Waals surface area contributed by atoms with Gasteiger partial charge >= 0.3 is 0 Å². The Kier molecular flexibility index (Phi) is 7.05. The van der Waals surface area contributed by atoms with Crippen LogP contribution in [-0.2, 0) is 12.8 Å². The van der Waals surface area contributed by atoms with E-state index in [1.165, 1.54) is 11.1 Å². The van der Waals surface area contributed by atoms with Gasteiger partial charge in [0.05, 0.1) is 0 Å². The Morgan fingerprint density at radius 1 is 0.815 bits per heavy atom. The molecule has 140 valence electrons. The summed E-state index contributed by atoms with van der Waals surface area (Å²) in [4.78, 5) is 9.04. The van der Waals surface area contributed by atoms with Crippen LogP contribution in [-0.4, -0.2) is 23.1 Å². The first-order chi connectivity index (χ1) is 13.2. The molecule has 0 saturated carbocycles. The summed E-state index contributed by atoms with van der Waals surface area (Å²) in [5.74, 6) is 1.53. The topological polar surface area (TPSA) is 49.8 Å². The number of aromatic nitrogens is 2. The van der Waals surface area contributed by atoms with Gasteiger partial charge in [0.2, 0.25) is 5.95 Å². The van der Waals surface area contributed by atoms with Crippen LogP contribution in [0.2, 0.25) is 5.02 Å². The number of hydrogen-bond acceptors (Lipinski definition) is 4. The molecule has 0 amide bonds. The lowest BCUT2D eigenvalue weighted by molar-refractivity contribution is 0.856. The molecule has 4 nitrogen and oxygen atoms in total. The van der Waals surface area contributed by atoms with Gasteiger partial charge in [-0.1, -0.05) is 54.1 Å². The molecular formula is C22H25ClN4. The summed E-state index contributed by atoms with van der Waals surface area (Å²) >= 11 is 5.92. The monoisotopic (exact) mass is 380 g/mol. The van der Waals surface area contributed by atoms with Crippen molar-refractivity contribution in [3.05, 3.63) is 82.5 Å². The number of aryl methyl sites for hydroxylation is 2. The predicted molar refractivity (Wildman–Crippen MR) is 114 cm³/mol. The molecule has 0 aliphatic carbocycles. The zero-order valence-electron chi connectivity index (χ0n) is 15.6. The predicted octanol–water partition coefficient (Wildman–Crippen LogP) is 5.14. The van der Waals surface area contributed by atoms with E-state index >= 15 is 0 Å². The molecule has 5 heteroatoms. The molecule has 0 aliphatic rings. The molecule has 0 saturated heterocycles. The molecular weight excluding hydrogens is 356 g/mol. The van der Waals surface area contributed by atoms with Gasteiger partial charge in [0, 0.05) is 29.9 Å². The third-order valence-electron chi connectivity index (χ3n) is 4.26. The number of halogens is 1. The summed E-state index contributed by atoms with van der Waals surface area (Å²) in [6.07, 6.45) is 3.02. The van der Waals surface area contributed by atoms with Crippen molar-refractivity contribution in [2.75, 3.05) is 23.7 Å². The minimum atomic E-state index is 0.662. The van der Waals surface area contributed by atoms with Gasteiger partial charge in [0.1, 0.15) is 5.82 Å². The molecule has 0 radical (unpaired) electrons. The zero-order valence-corrected chi connectivity index (χ0v) is 16.3. The lowest BCUT2D eigenvalue weighted by Crippen LogP contribution is -2.11. The molecule has 0 atom stereocenters. The standard InChI is InChI=1S/C22H25ClN4/c1-17-16-21(24-14-5-8-18-6-3-2-4-7-18)27-22(26-17)25-15-13-19-9-11-20(23)12-10-19/h2-4,6-7,9-12,16H,5,8,13-15H2,1H3,(H2,24,25,26,27). The Morgan fingerprint density at radius 3 is 2.33 bits per heavy atom. The molecule has 1 heterocycles. The molecule has 0 unspecified atom stereocenters. The van der Waals surface area contributed by atoms with E-state index < -0.39 is 0 Å². The molecule has 0 aliphatic heterocycles. The quantitative estimate of drug-likeness (QED) is 0.505. The highest BCUT2D eigenvalue weighted by Crippen LogP contribution is 2.12. The van der Waals surface area contributed by atoms with Crippen LogP contribution in [0.15, 0.2) is 60.7 Å².